The number of aliphatic hydroxyl groups excluding tert-OH is 1. The van der Waals surface area contributed by atoms with Crippen LogP contribution in [0.2, 0.25) is 0 Å². The fourth-order valence-electron chi connectivity index (χ4n) is 2.11. The summed E-state index contributed by atoms with van der Waals surface area (Å²) in [6.45, 7) is 2.13. The Balaban J connectivity index is 1.80. The molecule has 1 aromatic carbocycles. The van der Waals surface area contributed by atoms with Crippen molar-refractivity contribution in [1.29, 1.82) is 0 Å². The van der Waals surface area contributed by atoms with Gasteiger partial charge in [0.15, 0.2) is 0 Å². The monoisotopic (exact) mass is 252 g/mol. The van der Waals surface area contributed by atoms with Crippen LogP contribution in [-0.2, 0) is 4.74 Å². The van der Waals surface area contributed by atoms with Gasteiger partial charge in [-0.3, -0.25) is 0 Å². The maximum absolute atomic E-state index is 9.43. The molecule has 1 unspecified atom stereocenters. The Morgan fingerprint density at radius 3 is 2.56 bits per heavy atom. The first-order valence-electron chi connectivity index (χ1n) is 6.23. The number of rotatable bonds is 6. The molecule has 100 valence electrons. The van der Waals surface area contributed by atoms with E-state index in [9.17, 15) is 5.11 Å². The molecule has 1 aliphatic rings. The van der Waals surface area contributed by atoms with Gasteiger partial charge in [0.25, 0.3) is 0 Å². The Morgan fingerprint density at radius 1 is 1.28 bits per heavy atom. The lowest BCUT2D eigenvalue weighted by molar-refractivity contribution is 0.0734. The summed E-state index contributed by atoms with van der Waals surface area (Å²) in [6.07, 6.45) is 1.73. The minimum absolute atomic E-state index is 0.105. The molecule has 0 bridgehead atoms. The third-order valence-electron chi connectivity index (χ3n) is 3.48. The fourth-order valence-corrected chi connectivity index (χ4v) is 2.11. The molecule has 4 heteroatoms. The summed E-state index contributed by atoms with van der Waals surface area (Å²) < 4.78 is 16.1. The van der Waals surface area contributed by atoms with Crippen molar-refractivity contribution in [3.8, 4) is 11.5 Å². The van der Waals surface area contributed by atoms with Gasteiger partial charge in [-0.05, 0) is 37.1 Å². The highest BCUT2D eigenvalue weighted by Gasteiger charge is 2.34. The molecule has 0 aromatic heterocycles. The van der Waals surface area contributed by atoms with Crippen molar-refractivity contribution in [2.24, 2.45) is 5.41 Å². The summed E-state index contributed by atoms with van der Waals surface area (Å²) >= 11 is 0. The van der Waals surface area contributed by atoms with Gasteiger partial charge in [-0.25, -0.2) is 0 Å². The van der Waals surface area contributed by atoms with Gasteiger partial charge in [-0.1, -0.05) is 0 Å². The zero-order chi connectivity index (χ0) is 12.8. The smallest absolute Gasteiger partial charge is 0.119 e. The standard InChI is InChI=1S/C14H20O4/c1-16-12-2-4-13(5-3-12)18-9-7-14(10-15)6-8-17-11-14/h2-5,15H,6-11H2,1H3. The van der Waals surface area contributed by atoms with Crippen molar-refractivity contribution in [3.63, 3.8) is 0 Å². The second-order valence-electron chi connectivity index (χ2n) is 4.73. The van der Waals surface area contributed by atoms with Crippen molar-refractivity contribution in [2.45, 2.75) is 12.8 Å². The number of hydrogen-bond donors (Lipinski definition) is 1. The van der Waals surface area contributed by atoms with Crippen LogP contribution in [0.15, 0.2) is 24.3 Å². The lowest BCUT2D eigenvalue weighted by Gasteiger charge is -2.24. The van der Waals surface area contributed by atoms with Crippen LogP contribution in [0.3, 0.4) is 0 Å². The molecule has 1 N–H and O–H groups in total. The van der Waals surface area contributed by atoms with E-state index in [4.69, 9.17) is 14.2 Å². The van der Waals surface area contributed by atoms with E-state index in [0.29, 0.717) is 13.2 Å². The first-order valence-corrected chi connectivity index (χ1v) is 6.23. The third-order valence-corrected chi connectivity index (χ3v) is 3.48. The van der Waals surface area contributed by atoms with E-state index in [1.54, 1.807) is 7.11 Å². The molecule has 2 rings (SSSR count). The van der Waals surface area contributed by atoms with Gasteiger partial charge < -0.3 is 19.3 Å². The number of aliphatic hydroxyl groups is 1. The molecular formula is C14H20O4. The average molecular weight is 252 g/mol. The van der Waals surface area contributed by atoms with Crippen LogP contribution >= 0.6 is 0 Å². The summed E-state index contributed by atoms with van der Waals surface area (Å²) in [6, 6.07) is 7.51. The van der Waals surface area contributed by atoms with Crippen molar-refractivity contribution in [2.75, 3.05) is 33.5 Å². The van der Waals surface area contributed by atoms with Crippen molar-refractivity contribution in [3.05, 3.63) is 24.3 Å². The second kappa shape index (κ2) is 6.07. The van der Waals surface area contributed by atoms with Crippen LogP contribution in [0.1, 0.15) is 12.8 Å². The van der Waals surface area contributed by atoms with E-state index >= 15 is 0 Å². The molecule has 0 amide bonds. The molecule has 1 aromatic rings. The first kappa shape index (κ1) is 13.2. The Morgan fingerprint density at radius 2 is 2.00 bits per heavy atom. The minimum Gasteiger partial charge on any atom is -0.497 e. The van der Waals surface area contributed by atoms with E-state index in [-0.39, 0.29) is 12.0 Å². The Bertz CT molecular complexity index is 355. The molecule has 4 nitrogen and oxygen atoms in total. The third kappa shape index (κ3) is 3.15. The Kier molecular flexibility index (Phi) is 4.44. The number of ether oxygens (including phenoxy) is 3. The van der Waals surface area contributed by atoms with Gasteiger partial charge in [-0.2, -0.15) is 0 Å². The molecule has 0 aliphatic carbocycles. The van der Waals surface area contributed by atoms with Gasteiger partial charge in [0.05, 0.1) is 26.9 Å². The van der Waals surface area contributed by atoms with Crippen LogP contribution in [0.4, 0.5) is 0 Å². The normalized spacial score (nSPS) is 23.0. The van der Waals surface area contributed by atoms with E-state index in [0.717, 1.165) is 30.9 Å². The Hall–Kier alpha value is -1.26. The largest absolute Gasteiger partial charge is 0.497 e. The first-order chi connectivity index (χ1) is 8.78. The highest BCUT2D eigenvalue weighted by molar-refractivity contribution is 5.31. The van der Waals surface area contributed by atoms with Gasteiger partial charge in [0.1, 0.15) is 11.5 Å². The highest BCUT2D eigenvalue weighted by atomic mass is 16.5. The van der Waals surface area contributed by atoms with Crippen molar-refractivity contribution in [1.82, 2.24) is 0 Å². The quantitative estimate of drug-likeness (QED) is 0.839. The Labute approximate surface area is 107 Å². The highest BCUT2D eigenvalue weighted by Crippen LogP contribution is 2.32. The van der Waals surface area contributed by atoms with Crippen LogP contribution in [0, 0.1) is 5.41 Å². The SMILES string of the molecule is COc1ccc(OCCC2(CO)CCOC2)cc1. The molecule has 0 saturated carbocycles. The zero-order valence-electron chi connectivity index (χ0n) is 10.7. The molecule has 1 heterocycles. The summed E-state index contributed by atoms with van der Waals surface area (Å²) in [7, 11) is 1.64. The van der Waals surface area contributed by atoms with E-state index in [2.05, 4.69) is 0 Å². The lowest BCUT2D eigenvalue weighted by Crippen LogP contribution is -2.28. The van der Waals surface area contributed by atoms with Gasteiger partial charge in [0, 0.05) is 12.0 Å². The second-order valence-corrected chi connectivity index (χ2v) is 4.73. The van der Waals surface area contributed by atoms with Gasteiger partial charge >= 0.3 is 0 Å². The molecule has 18 heavy (non-hydrogen) atoms. The molecular weight excluding hydrogens is 232 g/mol. The molecule has 1 aliphatic heterocycles. The summed E-state index contributed by atoms with van der Waals surface area (Å²) in [4.78, 5) is 0. The minimum atomic E-state index is -0.105. The maximum atomic E-state index is 9.43. The lowest BCUT2D eigenvalue weighted by atomic mass is 9.85. The van der Waals surface area contributed by atoms with Gasteiger partial charge in [0.2, 0.25) is 0 Å². The van der Waals surface area contributed by atoms with Crippen molar-refractivity contribution < 1.29 is 19.3 Å². The summed E-state index contributed by atoms with van der Waals surface area (Å²) in [5.41, 5.74) is -0.105. The number of hydrogen-bond acceptors (Lipinski definition) is 4. The average Bonchev–Trinajstić information content (AvgIpc) is 2.89. The molecule has 1 fully saturated rings. The predicted molar refractivity (Wildman–Crippen MR) is 68.1 cm³/mol. The molecule has 0 radical (unpaired) electrons. The maximum Gasteiger partial charge on any atom is 0.119 e. The van der Waals surface area contributed by atoms with Crippen LogP contribution in [-0.4, -0.2) is 38.6 Å². The van der Waals surface area contributed by atoms with Crippen LogP contribution in [0.5, 0.6) is 11.5 Å². The van der Waals surface area contributed by atoms with E-state index in [1.807, 2.05) is 24.3 Å². The topological polar surface area (TPSA) is 47.9 Å². The number of methoxy groups -OCH3 is 1. The zero-order valence-corrected chi connectivity index (χ0v) is 10.7. The van der Waals surface area contributed by atoms with Crippen LogP contribution < -0.4 is 9.47 Å². The number of benzene rings is 1. The van der Waals surface area contributed by atoms with E-state index in [1.165, 1.54) is 0 Å². The van der Waals surface area contributed by atoms with Gasteiger partial charge in [-0.15, -0.1) is 0 Å². The molecule has 1 saturated heterocycles. The summed E-state index contributed by atoms with van der Waals surface area (Å²) in [5, 5.41) is 9.43. The van der Waals surface area contributed by atoms with Crippen molar-refractivity contribution >= 4 is 0 Å². The fraction of sp³-hybridized carbons (Fsp3) is 0.571. The van der Waals surface area contributed by atoms with E-state index < -0.39 is 0 Å². The molecule has 1 atom stereocenters. The van der Waals surface area contributed by atoms with Crippen LogP contribution in [0.25, 0.3) is 0 Å². The molecule has 0 spiro atoms. The summed E-state index contributed by atoms with van der Waals surface area (Å²) in [5.74, 6) is 1.64. The predicted octanol–water partition coefficient (Wildman–Crippen LogP) is 1.86.